The van der Waals surface area contributed by atoms with Crippen LogP contribution in [0.2, 0.25) is 0 Å². The minimum atomic E-state index is -0.136. The Morgan fingerprint density at radius 1 is 1.08 bits per heavy atom. The van der Waals surface area contributed by atoms with Crippen molar-refractivity contribution in [2.24, 2.45) is 27.2 Å². The number of hydrogen-bond donors (Lipinski definition) is 4. The highest BCUT2D eigenvalue weighted by molar-refractivity contribution is 5.93. The Hall–Kier alpha value is -3.36. The Bertz CT molecular complexity index is 759. The van der Waals surface area contributed by atoms with E-state index < -0.39 is 0 Å². The Morgan fingerprint density at radius 2 is 1.75 bits per heavy atom. The van der Waals surface area contributed by atoms with Gasteiger partial charge in [0.2, 0.25) is 11.9 Å². The van der Waals surface area contributed by atoms with E-state index >= 15 is 0 Å². The predicted octanol–water partition coefficient (Wildman–Crippen LogP) is 0.814. The maximum atomic E-state index is 5.59. The van der Waals surface area contributed by atoms with Gasteiger partial charge >= 0.3 is 0 Å². The molecule has 0 saturated heterocycles. The zero-order valence-corrected chi connectivity index (χ0v) is 13.9. The van der Waals surface area contributed by atoms with Gasteiger partial charge in [-0.05, 0) is 31.2 Å². The molecule has 0 radical (unpaired) electrons. The van der Waals surface area contributed by atoms with Gasteiger partial charge < -0.3 is 27.4 Å². The van der Waals surface area contributed by atoms with Crippen molar-refractivity contribution < 1.29 is 0 Å². The van der Waals surface area contributed by atoms with E-state index in [2.05, 4.69) is 25.3 Å². The van der Waals surface area contributed by atoms with Crippen molar-refractivity contribution in [1.29, 1.82) is 0 Å². The summed E-state index contributed by atoms with van der Waals surface area (Å²) < 4.78 is 0. The standard InChI is InChI=1S/C15H21N9/c1-9-8-12(24(2)3)22-15(19-9)21-11-6-4-10(5-7-11)20-14(18)23-13(16)17/h4-8H,1-3H3,(H,19,21,22)(H6,16,17,18,20,23). The highest BCUT2D eigenvalue weighted by atomic mass is 15.2. The largest absolute Gasteiger partial charge is 0.370 e. The number of nitrogens with two attached hydrogens (primary N) is 3. The predicted molar refractivity (Wildman–Crippen MR) is 97.9 cm³/mol. The molecule has 0 bridgehead atoms. The van der Waals surface area contributed by atoms with Crippen molar-refractivity contribution in [3.63, 3.8) is 0 Å². The van der Waals surface area contributed by atoms with Gasteiger partial charge in [-0.15, -0.1) is 0 Å². The summed E-state index contributed by atoms with van der Waals surface area (Å²) in [5, 5.41) is 3.16. The number of anilines is 3. The van der Waals surface area contributed by atoms with Crippen molar-refractivity contribution in [3.05, 3.63) is 36.0 Å². The molecule has 9 nitrogen and oxygen atoms in total. The Kier molecular flexibility index (Phi) is 5.15. The lowest BCUT2D eigenvalue weighted by Gasteiger charge is -2.13. The van der Waals surface area contributed by atoms with Crippen LogP contribution in [0.4, 0.5) is 23.1 Å². The SMILES string of the molecule is Cc1cc(N(C)C)nc(Nc2ccc(N=C(N)N=C(N)N)cc2)n1. The van der Waals surface area contributed by atoms with Gasteiger partial charge in [-0.25, -0.2) is 9.98 Å². The molecule has 9 heteroatoms. The van der Waals surface area contributed by atoms with E-state index in [0.717, 1.165) is 17.2 Å². The molecule has 0 unspecified atom stereocenters. The van der Waals surface area contributed by atoms with Crippen LogP contribution >= 0.6 is 0 Å². The van der Waals surface area contributed by atoms with Gasteiger partial charge in [0.25, 0.3) is 0 Å². The molecule has 0 aliphatic heterocycles. The van der Waals surface area contributed by atoms with E-state index in [4.69, 9.17) is 17.2 Å². The molecule has 0 spiro atoms. The van der Waals surface area contributed by atoms with Gasteiger partial charge in [0.15, 0.2) is 5.96 Å². The lowest BCUT2D eigenvalue weighted by molar-refractivity contribution is 1.02. The van der Waals surface area contributed by atoms with Gasteiger partial charge in [0, 0.05) is 31.5 Å². The quantitative estimate of drug-likeness (QED) is 0.480. The molecule has 126 valence electrons. The van der Waals surface area contributed by atoms with Crippen LogP contribution in [-0.4, -0.2) is 36.0 Å². The first kappa shape index (κ1) is 17.0. The fourth-order valence-electron chi connectivity index (χ4n) is 1.87. The van der Waals surface area contributed by atoms with Crippen LogP contribution in [0.3, 0.4) is 0 Å². The first-order chi connectivity index (χ1) is 11.3. The minimum Gasteiger partial charge on any atom is -0.370 e. The number of benzene rings is 1. The first-order valence-corrected chi connectivity index (χ1v) is 7.17. The van der Waals surface area contributed by atoms with Gasteiger partial charge in [0.05, 0.1) is 5.69 Å². The van der Waals surface area contributed by atoms with Crippen LogP contribution in [0.1, 0.15) is 5.69 Å². The Balaban J connectivity index is 2.16. The topological polar surface area (TPSA) is 144 Å². The minimum absolute atomic E-state index is 0.00616. The summed E-state index contributed by atoms with van der Waals surface area (Å²) in [7, 11) is 3.86. The number of rotatable bonds is 4. The summed E-state index contributed by atoms with van der Waals surface area (Å²) >= 11 is 0. The number of guanidine groups is 2. The number of aryl methyl sites for hydroxylation is 1. The number of aliphatic imine (C=N–C) groups is 2. The Labute approximate surface area is 140 Å². The lowest BCUT2D eigenvalue weighted by atomic mass is 10.3. The van der Waals surface area contributed by atoms with Crippen molar-refractivity contribution >= 4 is 35.1 Å². The number of nitrogens with zero attached hydrogens (tertiary/aromatic N) is 5. The smallest absolute Gasteiger partial charge is 0.229 e. The van der Waals surface area contributed by atoms with Crippen LogP contribution in [-0.2, 0) is 0 Å². The highest BCUT2D eigenvalue weighted by Gasteiger charge is 2.04. The normalized spacial score (nSPS) is 11.0. The summed E-state index contributed by atoms with van der Waals surface area (Å²) in [5.41, 5.74) is 18.4. The zero-order valence-electron chi connectivity index (χ0n) is 13.9. The fourth-order valence-corrected chi connectivity index (χ4v) is 1.87. The summed E-state index contributed by atoms with van der Waals surface area (Å²) in [4.78, 5) is 18.5. The lowest BCUT2D eigenvalue weighted by Crippen LogP contribution is -2.26. The zero-order chi connectivity index (χ0) is 17.7. The molecule has 1 aromatic carbocycles. The van der Waals surface area contributed by atoms with E-state index in [1.165, 1.54) is 0 Å². The maximum absolute atomic E-state index is 5.59. The molecule has 1 aromatic heterocycles. The highest BCUT2D eigenvalue weighted by Crippen LogP contribution is 2.20. The molecule has 0 amide bonds. The van der Waals surface area contributed by atoms with E-state index in [1.807, 2.05) is 44.1 Å². The second-order valence-electron chi connectivity index (χ2n) is 5.26. The monoisotopic (exact) mass is 327 g/mol. The van der Waals surface area contributed by atoms with Gasteiger partial charge in [0.1, 0.15) is 5.82 Å². The average Bonchev–Trinajstić information content (AvgIpc) is 2.47. The molecule has 0 fully saturated rings. The van der Waals surface area contributed by atoms with Crippen molar-refractivity contribution in [2.45, 2.75) is 6.92 Å². The second kappa shape index (κ2) is 7.27. The number of nitrogens with one attached hydrogen (secondary N) is 1. The van der Waals surface area contributed by atoms with Crippen LogP contribution in [0.25, 0.3) is 0 Å². The third-order valence-corrected chi connectivity index (χ3v) is 2.91. The molecule has 24 heavy (non-hydrogen) atoms. The maximum Gasteiger partial charge on any atom is 0.229 e. The van der Waals surface area contributed by atoms with Crippen molar-refractivity contribution in [2.75, 3.05) is 24.3 Å². The third kappa shape index (κ3) is 4.83. The van der Waals surface area contributed by atoms with E-state index in [9.17, 15) is 0 Å². The van der Waals surface area contributed by atoms with E-state index in [1.54, 1.807) is 12.1 Å². The van der Waals surface area contributed by atoms with Crippen molar-refractivity contribution in [3.8, 4) is 0 Å². The van der Waals surface area contributed by atoms with E-state index in [-0.39, 0.29) is 11.9 Å². The van der Waals surface area contributed by atoms with Crippen LogP contribution in [0.15, 0.2) is 40.3 Å². The molecule has 0 atom stereocenters. The molecular weight excluding hydrogens is 306 g/mol. The molecule has 0 aliphatic rings. The van der Waals surface area contributed by atoms with Gasteiger partial charge in [-0.3, -0.25) is 0 Å². The second-order valence-corrected chi connectivity index (χ2v) is 5.26. The first-order valence-electron chi connectivity index (χ1n) is 7.17. The molecule has 0 aliphatic carbocycles. The summed E-state index contributed by atoms with van der Waals surface area (Å²) in [6.45, 7) is 1.92. The van der Waals surface area contributed by atoms with E-state index in [0.29, 0.717) is 11.6 Å². The molecule has 1 heterocycles. The molecule has 2 rings (SSSR count). The summed E-state index contributed by atoms with van der Waals surface area (Å²) in [6, 6.07) is 9.14. The number of aromatic nitrogens is 2. The molecule has 0 saturated carbocycles. The van der Waals surface area contributed by atoms with Gasteiger partial charge in [-0.2, -0.15) is 9.98 Å². The summed E-state index contributed by atoms with van der Waals surface area (Å²) in [5.74, 6) is 1.21. The molecular formula is C15H21N9. The van der Waals surface area contributed by atoms with Crippen LogP contribution in [0, 0.1) is 6.92 Å². The molecule has 2 aromatic rings. The van der Waals surface area contributed by atoms with Crippen LogP contribution in [0.5, 0.6) is 0 Å². The molecule has 7 N–H and O–H groups in total. The fraction of sp³-hybridized carbons (Fsp3) is 0.200. The Morgan fingerprint density at radius 3 is 2.33 bits per heavy atom. The number of hydrogen-bond acceptors (Lipinski definition) is 5. The summed E-state index contributed by atoms with van der Waals surface area (Å²) in [6.07, 6.45) is 0. The third-order valence-electron chi connectivity index (χ3n) is 2.91. The van der Waals surface area contributed by atoms with Gasteiger partial charge in [-0.1, -0.05) is 0 Å². The average molecular weight is 327 g/mol. The van der Waals surface area contributed by atoms with Crippen molar-refractivity contribution in [1.82, 2.24) is 9.97 Å². The van der Waals surface area contributed by atoms with Crippen LogP contribution < -0.4 is 27.4 Å².